The fourth-order valence-corrected chi connectivity index (χ4v) is 4.71. The molecule has 27 heavy (non-hydrogen) atoms. The van der Waals surface area contributed by atoms with E-state index in [1.54, 1.807) is 24.3 Å². The van der Waals surface area contributed by atoms with Crippen LogP contribution in [0.15, 0.2) is 48.5 Å². The molecule has 1 aliphatic heterocycles. The molecule has 1 unspecified atom stereocenters. The molecule has 2 amide bonds. The Bertz CT molecular complexity index is 952. The summed E-state index contributed by atoms with van der Waals surface area (Å²) < 4.78 is 22.9. The van der Waals surface area contributed by atoms with Crippen LogP contribution >= 0.6 is 0 Å². The highest BCUT2D eigenvalue weighted by molar-refractivity contribution is 7.91. The first kappa shape index (κ1) is 19.1. The van der Waals surface area contributed by atoms with Gasteiger partial charge in [0.2, 0.25) is 0 Å². The first-order valence-electron chi connectivity index (χ1n) is 8.78. The smallest absolute Gasteiger partial charge is 0.251 e. The molecule has 0 radical (unpaired) electrons. The number of benzene rings is 2. The Morgan fingerprint density at radius 2 is 1.63 bits per heavy atom. The van der Waals surface area contributed by atoms with Gasteiger partial charge in [0.05, 0.1) is 11.5 Å². The second-order valence-corrected chi connectivity index (χ2v) is 8.99. The number of rotatable bonds is 5. The van der Waals surface area contributed by atoms with Gasteiger partial charge in [0.1, 0.15) is 0 Å². The molecule has 0 spiro atoms. The Morgan fingerprint density at radius 1 is 1.00 bits per heavy atom. The van der Waals surface area contributed by atoms with Gasteiger partial charge in [-0.2, -0.15) is 0 Å². The zero-order valence-electron chi connectivity index (χ0n) is 15.1. The summed E-state index contributed by atoms with van der Waals surface area (Å²) in [5, 5.41) is 5.60. The lowest BCUT2D eigenvalue weighted by Gasteiger charge is -2.11. The summed E-state index contributed by atoms with van der Waals surface area (Å²) in [5.41, 5.74) is 3.02. The van der Waals surface area contributed by atoms with Crippen LogP contribution in [0.4, 0.5) is 0 Å². The highest BCUT2D eigenvalue weighted by atomic mass is 32.2. The number of sulfone groups is 1. The summed E-state index contributed by atoms with van der Waals surface area (Å²) in [7, 11) is -3.04. The van der Waals surface area contributed by atoms with Crippen molar-refractivity contribution in [1.82, 2.24) is 10.6 Å². The van der Waals surface area contributed by atoms with E-state index < -0.39 is 9.84 Å². The number of hydrogen-bond donors (Lipinski definition) is 2. The molecule has 0 bridgehead atoms. The van der Waals surface area contributed by atoms with Crippen LogP contribution in [0.5, 0.6) is 0 Å². The second-order valence-electron chi connectivity index (χ2n) is 6.76. The van der Waals surface area contributed by atoms with Gasteiger partial charge in [0, 0.05) is 23.7 Å². The number of amides is 2. The predicted molar refractivity (Wildman–Crippen MR) is 103 cm³/mol. The zero-order chi connectivity index (χ0) is 19.4. The fraction of sp³-hybridized carbons (Fsp3) is 0.300. The van der Waals surface area contributed by atoms with Gasteiger partial charge in [-0.3, -0.25) is 9.59 Å². The molecule has 0 aliphatic carbocycles. The molecule has 6 nitrogen and oxygen atoms in total. The highest BCUT2D eigenvalue weighted by Gasteiger charge is 2.29. The SMILES string of the molecule is Cc1ccccc1CNC(=O)c1ccc(C(=O)NC2CCS(=O)(=O)C2)cc1. The minimum atomic E-state index is -3.04. The minimum absolute atomic E-state index is 0.0157. The third kappa shape index (κ3) is 4.95. The quantitative estimate of drug-likeness (QED) is 0.820. The Balaban J connectivity index is 1.57. The summed E-state index contributed by atoms with van der Waals surface area (Å²) >= 11 is 0. The Hall–Kier alpha value is -2.67. The van der Waals surface area contributed by atoms with Crippen LogP contribution in [0.25, 0.3) is 0 Å². The van der Waals surface area contributed by atoms with Crippen LogP contribution in [0, 0.1) is 6.92 Å². The predicted octanol–water partition coefficient (Wildman–Crippen LogP) is 1.84. The first-order valence-corrected chi connectivity index (χ1v) is 10.6. The topological polar surface area (TPSA) is 92.3 Å². The van der Waals surface area contributed by atoms with Crippen LogP contribution in [-0.4, -0.2) is 37.8 Å². The number of carbonyl (C=O) groups is 2. The van der Waals surface area contributed by atoms with Crippen molar-refractivity contribution in [3.05, 3.63) is 70.8 Å². The summed E-state index contributed by atoms with van der Waals surface area (Å²) in [5.74, 6) is -0.452. The van der Waals surface area contributed by atoms with Crippen molar-refractivity contribution >= 4 is 21.7 Å². The average molecular weight is 386 g/mol. The molecule has 1 aliphatic rings. The number of aryl methyl sites for hydroxylation is 1. The Morgan fingerprint density at radius 3 is 2.22 bits per heavy atom. The van der Waals surface area contributed by atoms with Gasteiger partial charge in [-0.25, -0.2) is 8.42 Å². The van der Waals surface area contributed by atoms with Gasteiger partial charge in [0.15, 0.2) is 9.84 Å². The Labute approximate surface area is 158 Å². The normalized spacial score (nSPS) is 18.0. The third-order valence-electron chi connectivity index (χ3n) is 4.68. The highest BCUT2D eigenvalue weighted by Crippen LogP contribution is 2.13. The molecule has 1 atom stereocenters. The molecule has 7 heteroatoms. The molecule has 0 saturated carbocycles. The second kappa shape index (κ2) is 7.92. The maximum absolute atomic E-state index is 12.3. The van der Waals surface area contributed by atoms with Crippen molar-refractivity contribution in [2.24, 2.45) is 0 Å². The molecule has 1 heterocycles. The van der Waals surface area contributed by atoms with E-state index in [2.05, 4.69) is 10.6 Å². The maximum atomic E-state index is 12.3. The number of nitrogens with one attached hydrogen (secondary N) is 2. The van der Waals surface area contributed by atoms with Crippen LogP contribution < -0.4 is 10.6 Å². The first-order chi connectivity index (χ1) is 12.8. The molecular formula is C20H22N2O4S. The minimum Gasteiger partial charge on any atom is -0.348 e. The van der Waals surface area contributed by atoms with Crippen molar-refractivity contribution in [2.45, 2.75) is 25.9 Å². The van der Waals surface area contributed by atoms with E-state index in [1.165, 1.54) is 0 Å². The van der Waals surface area contributed by atoms with E-state index in [1.807, 2.05) is 31.2 Å². The van der Waals surface area contributed by atoms with Crippen molar-refractivity contribution in [3.8, 4) is 0 Å². The van der Waals surface area contributed by atoms with Crippen LogP contribution in [0.1, 0.15) is 38.3 Å². The number of hydrogen-bond acceptors (Lipinski definition) is 4. The standard InChI is InChI=1S/C20H22N2O4S/c1-14-4-2-3-5-17(14)12-21-19(23)15-6-8-16(9-7-15)20(24)22-18-10-11-27(25,26)13-18/h2-9,18H,10-13H2,1H3,(H,21,23)(H,22,24). The molecule has 3 rings (SSSR count). The summed E-state index contributed by atoms with van der Waals surface area (Å²) in [4.78, 5) is 24.5. The van der Waals surface area contributed by atoms with Gasteiger partial charge >= 0.3 is 0 Å². The number of carbonyl (C=O) groups excluding carboxylic acids is 2. The zero-order valence-corrected chi connectivity index (χ0v) is 15.9. The average Bonchev–Trinajstić information content (AvgIpc) is 2.99. The monoisotopic (exact) mass is 386 g/mol. The third-order valence-corrected chi connectivity index (χ3v) is 6.45. The van der Waals surface area contributed by atoms with E-state index in [0.29, 0.717) is 24.1 Å². The van der Waals surface area contributed by atoms with Crippen molar-refractivity contribution in [3.63, 3.8) is 0 Å². The van der Waals surface area contributed by atoms with Crippen molar-refractivity contribution in [2.75, 3.05) is 11.5 Å². The fourth-order valence-electron chi connectivity index (χ4n) is 3.04. The molecule has 2 N–H and O–H groups in total. The molecule has 0 aromatic heterocycles. The largest absolute Gasteiger partial charge is 0.348 e. The van der Waals surface area contributed by atoms with E-state index in [4.69, 9.17) is 0 Å². The van der Waals surface area contributed by atoms with E-state index in [9.17, 15) is 18.0 Å². The summed E-state index contributed by atoms with van der Waals surface area (Å²) in [6.45, 7) is 2.42. The van der Waals surface area contributed by atoms with Crippen LogP contribution in [0.3, 0.4) is 0 Å². The molecular weight excluding hydrogens is 364 g/mol. The molecule has 2 aromatic rings. The van der Waals surface area contributed by atoms with E-state index in [0.717, 1.165) is 11.1 Å². The lowest BCUT2D eigenvalue weighted by atomic mass is 10.1. The van der Waals surface area contributed by atoms with Crippen molar-refractivity contribution in [1.29, 1.82) is 0 Å². The lowest BCUT2D eigenvalue weighted by molar-refractivity contribution is 0.0933. The van der Waals surface area contributed by atoms with Gasteiger partial charge in [-0.1, -0.05) is 24.3 Å². The Kier molecular flexibility index (Phi) is 5.60. The van der Waals surface area contributed by atoms with Gasteiger partial charge < -0.3 is 10.6 Å². The van der Waals surface area contributed by atoms with Crippen LogP contribution in [-0.2, 0) is 16.4 Å². The van der Waals surface area contributed by atoms with Crippen LogP contribution in [0.2, 0.25) is 0 Å². The van der Waals surface area contributed by atoms with Crippen molar-refractivity contribution < 1.29 is 18.0 Å². The molecule has 142 valence electrons. The molecule has 2 aromatic carbocycles. The molecule has 1 fully saturated rings. The van der Waals surface area contributed by atoms with Gasteiger partial charge in [-0.05, 0) is 48.7 Å². The lowest BCUT2D eigenvalue weighted by Crippen LogP contribution is -2.35. The summed E-state index contributed by atoms with van der Waals surface area (Å²) in [6.07, 6.45) is 0.438. The van der Waals surface area contributed by atoms with E-state index in [-0.39, 0.29) is 29.4 Å². The maximum Gasteiger partial charge on any atom is 0.251 e. The molecule has 1 saturated heterocycles. The van der Waals surface area contributed by atoms with Gasteiger partial charge in [0.25, 0.3) is 11.8 Å². The van der Waals surface area contributed by atoms with Gasteiger partial charge in [-0.15, -0.1) is 0 Å². The summed E-state index contributed by atoms with van der Waals surface area (Å²) in [6, 6.07) is 13.8. The van der Waals surface area contributed by atoms with E-state index >= 15 is 0 Å².